The molecule has 0 amide bonds. The number of hydrogen-bond donors (Lipinski definition) is 3. The summed E-state index contributed by atoms with van der Waals surface area (Å²) in [5.41, 5.74) is 3.33. The summed E-state index contributed by atoms with van der Waals surface area (Å²) in [4.78, 5) is 15.3. The fourth-order valence-electron chi connectivity index (χ4n) is 1.98. The molecule has 104 valence electrons. The number of nitrogens with zero attached hydrogens (tertiary/aromatic N) is 2. The molecule has 0 unspecified atom stereocenters. The number of alkyl halides is 1. The molecule has 0 spiro atoms. The van der Waals surface area contributed by atoms with Crippen molar-refractivity contribution in [2.45, 2.75) is 23.3 Å². The third-order valence-corrected chi connectivity index (χ3v) is 3.59. The van der Waals surface area contributed by atoms with Gasteiger partial charge in [0.25, 0.3) is 0 Å². The molecule has 2 heterocycles. The minimum atomic E-state index is -1.40. The van der Waals surface area contributed by atoms with Crippen LogP contribution < -0.4 is 11.4 Å². The molecular weight excluding hydrogens is 274 g/mol. The van der Waals surface area contributed by atoms with Crippen molar-refractivity contribution in [3.8, 4) is 0 Å². The summed E-state index contributed by atoms with van der Waals surface area (Å²) in [6.45, 7) is 3.00. The van der Waals surface area contributed by atoms with E-state index in [1.54, 1.807) is 0 Å². The molecular formula is C11H14ClN3O4. The molecule has 0 radical (unpaired) electrons. The Balaban J connectivity index is 2.42. The molecule has 0 aromatic carbocycles. The maximum absolute atomic E-state index is 11.7. The number of halogens is 1. The van der Waals surface area contributed by atoms with E-state index in [2.05, 4.69) is 11.6 Å². The zero-order valence-electron chi connectivity index (χ0n) is 9.94. The number of hydrogen-bond acceptors (Lipinski definition) is 6. The van der Waals surface area contributed by atoms with Crippen molar-refractivity contribution < 1.29 is 14.9 Å². The van der Waals surface area contributed by atoms with Crippen molar-refractivity contribution >= 4 is 17.4 Å². The van der Waals surface area contributed by atoms with E-state index < -0.39 is 35.6 Å². The number of aliphatic hydroxyl groups excluding tert-OH is 2. The Kier molecular flexibility index (Phi) is 3.64. The van der Waals surface area contributed by atoms with Gasteiger partial charge in [0, 0.05) is 6.20 Å². The topological polar surface area (TPSA) is 111 Å². The fraction of sp³-hybridized carbons (Fsp3) is 0.455. The monoisotopic (exact) mass is 287 g/mol. The largest absolute Gasteiger partial charge is 0.393 e. The van der Waals surface area contributed by atoms with Gasteiger partial charge in [-0.1, -0.05) is 6.08 Å². The van der Waals surface area contributed by atoms with Crippen molar-refractivity contribution in [2.24, 2.45) is 0 Å². The van der Waals surface area contributed by atoms with Gasteiger partial charge in [0.2, 0.25) is 0 Å². The molecule has 1 fully saturated rings. The van der Waals surface area contributed by atoms with Crippen molar-refractivity contribution in [1.29, 1.82) is 0 Å². The van der Waals surface area contributed by atoms with E-state index in [0.717, 1.165) is 4.57 Å². The molecule has 1 aromatic rings. The van der Waals surface area contributed by atoms with Gasteiger partial charge in [0.05, 0.1) is 6.61 Å². The van der Waals surface area contributed by atoms with E-state index in [1.165, 1.54) is 18.3 Å². The molecule has 1 aliphatic rings. The van der Waals surface area contributed by atoms with E-state index in [-0.39, 0.29) is 5.82 Å². The fourth-order valence-corrected chi connectivity index (χ4v) is 2.37. The van der Waals surface area contributed by atoms with E-state index in [0.29, 0.717) is 0 Å². The molecule has 1 aliphatic heterocycles. The lowest BCUT2D eigenvalue weighted by atomic mass is 9.98. The van der Waals surface area contributed by atoms with Crippen molar-refractivity contribution in [3.63, 3.8) is 0 Å². The second-order valence-corrected chi connectivity index (χ2v) is 4.76. The van der Waals surface area contributed by atoms with Gasteiger partial charge in [-0.15, -0.1) is 18.2 Å². The highest BCUT2D eigenvalue weighted by atomic mass is 35.5. The van der Waals surface area contributed by atoms with Gasteiger partial charge in [-0.05, 0) is 6.07 Å². The molecule has 4 N–H and O–H groups in total. The van der Waals surface area contributed by atoms with Crippen LogP contribution in [0.25, 0.3) is 0 Å². The van der Waals surface area contributed by atoms with Crippen molar-refractivity contribution in [1.82, 2.24) is 9.55 Å². The lowest BCUT2D eigenvalue weighted by molar-refractivity contribution is -0.0972. The summed E-state index contributed by atoms with van der Waals surface area (Å²) in [7, 11) is 0. The minimum Gasteiger partial charge on any atom is -0.393 e. The maximum Gasteiger partial charge on any atom is 0.351 e. The lowest BCUT2D eigenvalue weighted by Gasteiger charge is -2.25. The summed E-state index contributed by atoms with van der Waals surface area (Å²) in [5.74, 6) is 0.0723. The number of rotatable bonds is 3. The maximum atomic E-state index is 11.7. The predicted octanol–water partition coefficient (Wildman–Crippen LogP) is -0.760. The van der Waals surface area contributed by atoms with Crippen LogP contribution in [0.1, 0.15) is 6.23 Å². The van der Waals surface area contributed by atoms with E-state index >= 15 is 0 Å². The minimum absolute atomic E-state index is 0.0723. The van der Waals surface area contributed by atoms with E-state index in [4.69, 9.17) is 22.1 Å². The molecule has 7 nitrogen and oxygen atoms in total. The van der Waals surface area contributed by atoms with Gasteiger partial charge in [-0.3, -0.25) is 4.57 Å². The smallest absolute Gasteiger partial charge is 0.351 e. The molecule has 0 aliphatic carbocycles. The first kappa shape index (κ1) is 14.0. The molecule has 1 aromatic heterocycles. The second-order valence-electron chi connectivity index (χ2n) is 4.26. The van der Waals surface area contributed by atoms with Crippen LogP contribution >= 0.6 is 11.6 Å². The third kappa shape index (κ3) is 2.14. The summed E-state index contributed by atoms with van der Waals surface area (Å²) < 4.78 is 6.62. The Labute approximate surface area is 113 Å². The lowest BCUT2D eigenvalue weighted by Crippen LogP contribution is -2.43. The highest BCUT2D eigenvalue weighted by Gasteiger charge is 2.53. The molecule has 8 heteroatoms. The summed E-state index contributed by atoms with van der Waals surface area (Å²) in [6, 6.07) is 1.41. The van der Waals surface area contributed by atoms with Crippen molar-refractivity contribution in [2.75, 3.05) is 12.3 Å². The quantitative estimate of drug-likeness (QED) is 0.498. The van der Waals surface area contributed by atoms with Crippen LogP contribution in [0.15, 0.2) is 29.7 Å². The van der Waals surface area contributed by atoms with Crippen molar-refractivity contribution in [3.05, 3.63) is 35.4 Å². The summed E-state index contributed by atoms with van der Waals surface area (Å²) >= 11 is 6.06. The Morgan fingerprint density at radius 2 is 2.42 bits per heavy atom. The summed E-state index contributed by atoms with van der Waals surface area (Å²) in [5, 5.41) is 18.4. The Bertz CT molecular complexity index is 549. The number of ether oxygens (including phenoxy) is 1. The summed E-state index contributed by atoms with van der Waals surface area (Å²) in [6.07, 6.45) is 0.463. The SMILES string of the molecule is C=C[C@]1(CO)O[C@@H](n2ccc(N)nc2=O)[C@@H](Cl)[C@@H]1O. The molecule has 0 saturated carbocycles. The first-order chi connectivity index (χ1) is 8.95. The first-order valence-corrected chi connectivity index (χ1v) is 5.98. The van der Waals surface area contributed by atoms with Gasteiger partial charge < -0.3 is 20.7 Å². The first-order valence-electron chi connectivity index (χ1n) is 5.54. The molecule has 4 atom stereocenters. The van der Waals surface area contributed by atoms with Gasteiger partial charge in [0.1, 0.15) is 22.9 Å². The molecule has 2 rings (SSSR count). The Morgan fingerprint density at radius 3 is 2.89 bits per heavy atom. The number of nitrogen functional groups attached to an aromatic ring is 1. The zero-order chi connectivity index (χ0) is 14.2. The standard InChI is InChI=1S/C11H14ClN3O4/c1-2-11(5-16)8(17)7(12)9(19-11)15-4-3-6(13)14-10(15)18/h2-4,7-9,16-17H,1,5H2,(H2,13,14,18)/t7-,8-,9+,11+/m0/s1. The number of nitrogens with two attached hydrogens (primary N) is 1. The van der Waals surface area contributed by atoms with Crippen LogP contribution in [0, 0.1) is 0 Å². The van der Waals surface area contributed by atoms with Gasteiger partial charge >= 0.3 is 5.69 Å². The van der Waals surface area contributed by atoms with Crippen LogP contribution in [0.4, 0.5) is 5.82 Å². The normalized spacial score (nSPS) is 34.4. The van der Waals surface area contributed by atoms with Gasteiger partial charge in [0.15, 0.2) is 6.23 Å². The van der Waals surface area contributed by atoms with Crippen LogP contribution in [0.2, 0.25) is 0 Å². The molecule has 1 saturated heterocycles. The highest BCUT2D eigenvalue weighted by Crippen LogP contribution is 2.40. The van der Waals surface area contributed by atoms with Crippen LogP contribution in [-0.4, -0.2) is 43.5 Å². The van der Waals surface area contributed by atoms with E-state index in [1.807, 2.05) is 0 Å². The van der Waals surface area contributed by atoms with Crippen LogP contribution in [0.3, 0.4) is 0 Å². The number of aromatic nitrogens is 2. The average molecular weight is 288 g/mol. The Morgan fingerprint density at radius 1 is 1.74 bits per heavy atom. The van der Waals surface area contributed by atoms with E-state index in [9.17, 15) is 15.0 Å². The average Bonchev–Trinajstić information content (AvgIpc) is 2.64. The highest BCUT2D eigenvalue weighted by molar-refractivity contribution is 6.21. The zero-order valence-corrected chi connectivity index (χ0v) is 10.7. The third-order valence-electron chi connectivity index (χ3n) is 3.13. The van der Waals surface area contributed by atoms with Gasteiger partial charge in [-0.25, -0.2) is 4.79 Å². The molecule has 19 heavy (non-hydrogen) atoms. The van der Waals surface area contributed by atoms with Gasteiger partial charge in [-0.2, -0.15) is 4.98 Å². The Hall–Kier alpha value is -1.41. The number of aliphatic hydroxyl groups is 2. The molecule has 0 bridgehead atoms. The van der Waals surface area contributed by atoms with Crippen LogP contribution in [0.5, 0.6) is 0 Å². The van der Waals surface area contributed by atoms with Crippen LogP contribution in [-0.2, 0) is 4.74 Å². The second kappa shape index (κ2) is 4.93. The number of anilines is 1. The predicted molar refractivity (Wildman–Crippen MR) is 68.7 cm³/mol.